The quantitative estimate of drug-likeness (QED) is 0.538. The molecule has 0 aromatic heterocycles. The largest absolute Gasteiger partial charge is 0.483 e. The van der Waals surface area contributed by atoms with Crippen LogP contribution < -0.4 is 15.8 Å². The van der Waals surface area contributed by atoms with E-state index in [9.17, 15) is 9.59 Å². The number of nitrogens with zero attached hydrogens (tertiary/aromatic N) is 1. The first-order chi connectivity index (χ1) is 7.65. The molecule has 0 heterocycles. The van der Waals surface area contributed by atoms with Crippen molar-refractivity contribution < 1.29 is 14.3 Å². The lowest BCUT2D eigenvalue weighted by Gasteiger charge is -2.07. The van der Waals surface area contributed by atoms with Gasteiger partial charge in [-0.3, -0.25) is 14.9 Å². The summed E-state index contributed by atoms with van der Waals surface area (Å²) in [7, 11) is 0. The van der Waals surface area contributed by atoms with E-state index >= 15 is 0 Å². The molecule has 0 aliphatic rings. The fourth-order valence-corrected chi connectivity index (χ4v) is 1.04. The Morgan fingerprint density at radius 1 is 1.44 bits per heavy atom. The topological polar surface area (TPSA) is 105 Å². The summed E-state index contributed by atoms with van der Waals surface area (Å²) in [6.45, 7) is -0.349. The standard InChI is InChI=1S/C10H9N3O3/c11-6-13-9(14)5-16-8-4-2-1-3-7(8)10(12)15/h1-4H,5H2,(H2,12,15)(H,13,14). The molecule has 0 unspecified atom stereocenters. The molecule has 0 saturated heterocycles. The number of carbonyl (C=O) groups excluding carboxylic acids is 2. The van der Waals surface area contributed by atoms with Crippen molar-refractivity contribution in [1.29, 1.82) is 5.26 Å². The van der Waals surface area contributed by atoms with Crippen LogP contribution in [0.25, 0.3) is 0 Å². The molecule has 1 aromatic carbocycles. The lowest BCUT2D eigenvalue weighted by atomic mass is 10.2. The number of para-hydroxylation sites is 1. The summed E-state index contributed by atoms with van der Waals surface area (Å²) in [6.07, 6.45) is 1.47. The van der Waals surface area contributed by atoms with Gasteiger partial charge in [0.15, 0.2) is 12.8 Å². The molecule has 0 spiro atoms. The van der Waals surface area contributed by atoms with E-state index in [1.807, 2.05) is 5.32 Å². The highest BCUT2D eigenvalue weighted by molar-refractivity contribution is 5.95. The average Bonchev–Trinajstić information content (AvgIpc) is 2.27. The van der Waals surface area contributed by atoms with Gasteiger partial charge in [-0.2, -0.15) is 5.26 Å². The molecule has 6 heteroatoms. The molecule has 0 bridgehead atoms. The fraction of sp³-hybridized carbons (Fsp3) is 0.100. The lowest BCUT2D eigenvalue weighted by molar-refractivity contribution is -0.121. The summed E-state index contributed by atoms with van der Waals surface area (Å²) in [4.78, 5) is 21.9. The van der Waals surface area contributed by atoms with Crippen molar-refractivity contribution in [3.8, 4) is 11.9 Å². The Labute approximate surface area is 91.6 Å². The first-order valence-electron chi connectivity index (χ1n) is 4.34. The van der Waals surface area contributed by atoms with E-state index in [-0.39, 0.29) is 17.9 Å². The predicted molar refractivity (Wildman–Crippen MR) is 54.2 cm³/mol. The zero-order valence-electron chi connectivity index (χ0n) is 8.27. The minimum atomic E-state index is -0.642. The summed E-state index contributed by atoms with van der Waals surface area (Å²) >= 11 is 0. The van der Waals surface area contributed by atoms with Crippen LogP contribution in [-0.4, -0.2) is 18.4 Å². The highest BCUT2D eigenvalue weighted by Gasteiger charge is 2.09. The molecule has 1 aromatic rings. The summed E-state index contributed by atoms with van der Waals surface area (Å²) in [5.74, 6) is -1.03. The van der Waals surface area contributed by atoms with Gasteiger partial charge in [-0.1, -0.05) is 12.1 Å². The third-order valence-corrected chi connectivity index (χ3v) is 1.71. The number of carbonyl (C=O) groups is 2. The monoisotopic (exact) mass is 219 g/mol. The third-order valence-electron chi connectivity index (χ3n) is 1.71. The predicted octanol–water partition coefficient (Wildman–Crippen LogP) is -0.238. The van der Waals surface area contributed by atoms with E-state index in [4.69, 9.17) is 15.7 Å². The second-order valence-electron chi connectivity index (χ2n) is 2.81. The summed E-state index contributed by atoms with van der Waals surface area (Å²) in [5.41, 5.74) is 5.30. The van der Waals surface area contributed by atoms with E-state index in [0.717, 1.165) is 0 Å². The molecule has 6 nitrogen and oxygen atoms in total. The molecule has 0 fully saturated rings. The number of nitrogens with one attached hydrogen (secondary N) is 1. The second-order valence-corrected chi connectivity index (χ2v) is 2.81. The zero-order valence-corrected chi connectivity index (χ0v) is 8.27. The van der Waals surface area contributed by atoms with Crippen LogP contribution in [-0.2, 0) is 4.79 Å². The van der Waals surface area contributed by atoms with Crippen LogP contribution in [0.15, 0.2) is 24.3 Å². The summed E-state index contributed by atoms with van der Waals surface area (Å²) < 4.78 is 5.05. The SMILES string of the molecule is N#CNC(=O)COc1ccccc1C(N)=O. The van der Waals surface area contributed by atoms with Gasteiger partial charge in [0.25, 0.3) is 11.8 Å². The fourth-order valence-electron chi connectivity index (χ4n) is 1.04. The highest BCUT2D eigenvalue weighted by atomic mass is 16.5. The van der Waals surface area contributed by atoms with Gasteiger partial charge in [-0.05, 0) is 12.1 Å². The highest BCUT2D eigenvalue weighted by Crippen LogP contribution is 2.16. The van der Waals surface area contributed by atoms with Crippen molar-refractivity contribution in [1.82, 2.24) is 5.32 Å². The van der Waals surface area contributed by atoms with Crippen molar-refractivity contribution in [2.45, 2.75) is 0 Å². The van der Waals surface area contributed by atoms with Crippen LogP contribution in [0.3, 0.4) is 0 Å². The Morgan fingerprint density at radius 3 is 2.75 bits per heavy atom. The second kappa shape index (κ2) is 5.36. The van der Waals surface area contributed by atoms with E-state index in [0.29, 0.717) is 0 Å². The first kappa shape index (κ1) is 11.5. The van der Waals surface area contributed by atoms with Gasteiger partial charge in [0, 0.05) is 0 Å². The smallest absolute Gasteiger partial charge is 0.270 e. The number of amides is 2. The number of primary amides is 1. The number of nitriles is 1. The number of ether oxygens (including phenoxy) is 1. The van der Waals surface area contributed by atoms with Crippen LogP contribution in [0, 0.1) is 11.5 Å². The van der Waals surface area contributed by atoms with Crippen molar-refractivity contribution in [2.24, 2.45) is 5.73 Å². The van der Waals surface area contributed by atoms with Crippen LogP contribution in [0.5, 0.6) is 5.75 Å². The Morgan fingerprint density at radius 2 is 2.12 bits per heavy atom. The van der Waals surface area contributed by atoms with Crippen LogP contribution >= 0.6 is 0 Å². The van der Waals surface area contributed by atoms with Gasteiger partial charge in [0.05, 0.1) is 5.56 Å². The van der Waals surface area contributed by atoms with Crippen molar-refractivity contribution in [2.75, 3.05) is 6.61 Å². The molecule has 0 aliphatic heterocycles. The van der Waals surface area contributed by atoms with E-state index in [2.05, 4.69) is 0 Å². The van der Waals surface area contributed by atoms with Gasteiger partial charge in [-0.25, -0.2) is 0 Å². The van der Waals surface area contributed by atoms with E-state index in [1.54, 1.807) is 12.1 Å². The Hall–Kier alpha value is -2.55. The molecule has 0 saturated carbocycles. The van der Waals surface area contributed by atoms with Crippen LogP contribution in [0.4, 0.5) is 0 Å². The zero-order chi connectivity index (χ0) is 12.0. The van der Waals surface area contributed by atoms with Crippen molar-refractivity contribution in [3.05, 3.63) is 29.8 Å². The molecule has 82 valence electrons. The molecular formula is C10H9N3O3. The van der Waals surface area contributed by atoms with E-state index < -0.39 is 11.8 Å². The normalized spacial score (nSPS) is 8.94. The summed E-state index contributed by atoms with van der Waals surface area (Å²) in [5, 5.41) is 10.1. The minimum Gasteiger partial charge on any atom is -0.483 e. The Bertz CT molecular complexity index is 451. The molecule has 2 amide bonds. The Kier molecular flexibility index (Phi) is 3.86. The molecule has 0 aliphatic carbocycles. The van der Waals surface area contributed by atoms with Crippen molar-refractivity contribution in [3.63, 3.8) is 0 Å². The molecule has 0 radical (unpaired) electrons. The molecule has 3 N–H and O–H groups in total. The number of hydrogen-bond acceptors (Lipinski definition) is 4. The maximum atomic E-state index is 11.0. The van der Waals surface area contributed by atoms with Crippen molar-refractivity contribution >= 4 is 11.8 Å². The van der Waals surface area contributed by atoms with Crippen LogP contribution in [0.1, 0.15) is 10.4 Å². The number of nitrogens with two attached hydrogens (primary N) is 1. The van der Waals surface area contributed by atoms with E-state index in [1.165, 1.54) is 18.3 Å². The molecule has 16 heavy (non-hydrogen) atoms. The minimum absolute atomic E-state index is 0.187. The summed E-state index contributed by atoms with van der Waals surface area (Å²) in [6, 6.07) is 6.27. The third kappa shape index (κ3) is 2.99. The maximum Gasteiger partial charge on any atom is 0.270 e. The van der Waals surface area contributed by atoms with Gasteiger partial charge < -0.3 is 10.5 Å². The molecular weight excluding hydrogens is 210 g/mol. The van der Waals surface area contributed by atoms with Gasteiger partial charge in [-0.15, -0.1) is 0 Å². The first-order valence-corrected chi connectivity index (χ1v) is 4.34. The van der Waals surface area contributed by atoms with Gasteiger partial charge in [0.1, 0.15) is 5.75 Å². The number of hydrogen-bond donors (Lipinski definition) is 2. The molecule has 0 atom stereocenters. The molecule has 1 rings (SSSR count). The van der Waals surface area contributed by atoms with Gasteiger partial charge >= 0.3 is 0 Å². The number of rotatable bonds is 4. The van der Waals surface area contributed by atoms with Crippen LogP contribution in [0.2, 0.25) is 0 Å². The lowest BCUT2D eigenvalue weighted by Crippen LogP contribution is -2.25. The maximum absolute atomic E-state index is 11.0. The number of benzene rings is 1. The average molecular weight is 219 g/mol. The Balaban J connectivity index is 2.71. The van der Waals surface area contributed by atoms with Gasteiger partial charge in [0.2, 0.25) is 0 Å².